The number of hydrazone groups is 1. The van der Waals surface area contributed by atoms with Crippen LogP contribution in [0.15, 0.2) is 84.0 Å². The largest absolute Gasteiger partial charge is 0.480 e. The number of nitrogens with one attached hydrogen (secondary N) is 1. The summed E-state index contributed by atoms with van der Waals surface area (Å²) in [6, 6.07) is 23.7. The van der Waals surface area contributed by atoms with E-state index in [1.165, 1.54) is 11.6 Å². The van der Waals surface area contributed by atoms with Crippen LogP contribution in [0.1, 0.15) is 90.0 Å². The lowest BCUT2D eigenvalue weighted by molar-refractivity contribution is -0.123. The van der Waals surface area contributed by atoms with Crippen molar-refractivity contribution in [3.63, 3.8) is 0 Å². The van der Waals surface area contributed by atoms with E-state index in [-0.39, 0.29) is 32.3 Å². The minimum atomic E-state index is -1.12. The van der Waals surface area contributed by atoms with Gasteiger partial charge in [-0.15, -0.1) is 0 Å². The van der Waals surface area contributed by atoms with Crippen molar-refractivity contribution in [2.24, 2.45) is 5.10 Å². The molecule has 1 N–H and O–H groups in total. The Morgan fingerprint density at radius 2 is 1.52 bits per heavy atom. The van der Waals surface area contributed by atoms with Gasteiger partial charge in [0, 0.05) is 21.2 Å². The SMILES string of the molecule is CCC(Oc1ccc(C(C)(C)CC)cc1C(C)(C)CC)C(=O)Nc1cc(Cl)cc(Cl)c1N1N=C(c2ccc(Cl)cc2)C(Oc2ccc(C)cc2)C1=O. The van der Waals surface area contributed by atoms with Crippen LogP contribution in [0.2, 0.25) is 15.1 Å². The number of carbonyl (C=O) groups excluding carboxylic acids is 2. The number of ether oxygens (including phenoxy) is 2. The molecule has 4 aromatic carbocycles. The van der Waals surface area contributed by atoms with Crippen LogP contribution in [-0.2, 0) is 20.4 Å². The molecule has 4 aromatic rings. The van der Waals surface area contributed by atoms with Gasteiger partial charge in [-0.3, -0.25) is 9.59 Å². The lowest BCUT2D eigenvalue weighted by atomic mass is 9.76. The second-order valence-electron chi connectivity index (χ2n) is 14.4. The van der Waals surface area contributed by atoms with E-state index in [0.29, 0.717) is 34.2 Å². The Hall–Kier alpha value is -4.04. The third-order valence-electron chi connectivity index (χ3n) is 9.99. The predicted molar refractivity (Wildman–Crippen MR) is 214 cm³/mol. The van der Waals surface area contributed by atoms with Crippen LogP contribution in [0.3, 0.4) is 0 Å². The fourth-order valence-electron chi connectivity index (χ4n) is 5.83. The zero-order valence-corrected chi connectivity index (χ0v) is 33.2. The first kappa shape index (κ1) is 39.2. The van der Waals surface area contributed by atoms with Crippen LogP contribution >= 0.6 is 34.8 Å². The number of benzene rings is 4. The minimum absolute atomic E-state index is 0.0199. The summed E-state index contributed by atoms with van der Waals surface area (Å²) in [6.45, 7) is 17.0. The molecular weight excluding hydrogens is 717 g/mol. The monoisotopic (exact) mass is 761 g/mol. The van der Waals surface area contributed by atoms with Crippen molar-refractivity contribution in [2.45, 2.75) is 97.7 Å². The van der Waals surface area contributed by atoms with Crippen molar-refractivity contribution >= 4 is 63.7 Å². The lowest BCUT2D eigenvalue weighted by Gasteiger charge is -2.31. The average molecular weight is 763 g/mol. The summed E-state index contributed by atoms with van der Waals surface area (Å²) in [5.41, 5.74) is 4.41. The van der Waals surface area contributed by atoms with Gasteiger partial charge in [0.25, 0.3) is 11.8 Å². The van der Waals surface area contributed by atoms with E-state index in [4.69, 9.17) is 49.4 Å². The Morgan fingerprint density at radius 3 is 2.13 bits per heavy atom. The maximum absolute atomic E-state index is 14.2. The summed E-state index contributed by atoms with van der Waals surface area (Å²) in [5, 5.41) is 9.76. The van der Waals surface area contributed by atoms with Gasteiger partial charge in [-0.1, -0.05) is 125 Å². The van der Waals surface area contributed by atoms with Gasteiger partial charge in [-0.05, 0) is 85.0 Å². The van der Waals surface area contributed by atoms with Gasteiger partial charge >= 0.3 is 0 Å². The molecule has 274 valence electrons. The van der Waals surface area contributed by atoms with Crippen LogP contribution in [0.4, 0.5) is 11.4 Å². The van der Waals surface area contributed by atoms with E-state index in [1.807, 2.05) is 32.0 Å². The molecule has 1 heterocycles. The first-order chi connectivity index (χ1) is 24.6. The number of amides is 2. The standard InChI is InChI=1S/C42H46Cl3N3O4/c1-9-34(52-35-21-16-27(41(5,6)10-2)22-31(35)42(7,8)11-3)39(49)46-33-24-29(44)23-32(45)37(33)48-40(50)38(51-30-19-12-25(4)13-20-30)36(47-48)26-14-17-28(43)18-15-26/h12-24,34,38H,9-11H2,1-8H3,(H,46,49). The maximum Gasteiger partial charge on any atom is 0.295 e. The van der Waals surface area contributed by atoms with Crippen LogP contribution in [-0.4, -0.2) is 29.7 Å². The first-order valence-corrected chi connectivity index (χ1v) is 18.7. The molecule has 0 radical (unpaired) electrons. The molecule has 2 atom stereocenters. The molecule has 0 fully saturated rings. The highest BCUT2D eigenvalue weighted by atomic mass is 35.5. The Bertz CT molecular complexity index is 1970. The highest BCUT2D eigenvalue weighted by molar-refractivity contribution is 6.39. The smallest absolute Gasteiger partial charge is 0.295 e. The molecule has 0 bridgehead atoms. The summed E-state index contributed by atoms with van der Waals surface area (Å²) < 4.78 is 12.8. The highest BCUT2D eigenvalue weighted by Gasteiger charge is 2.41. The van der Waals surface area contributed by atoms with Crippen LogP contribution < -0.4 is 19.8 Å². The van der Waals surface area contributed by atoms with Crippen molar-refractivity contribution in [1.29, 1.82) is 0 Å². The minimum Gasteiger partial charge on any atom is -0.480 e. The maximum atomic E-state index is 14.2. The molecule has 0 saturated heterocycles. The van der Waals surface area contributed by atoms with E-state index in [1.54, 1.807) is 42.5 Å². The van der Waals surface area contributed by atoms with Gasteiger partial charge in [-0.2, -0.15) is 10.1 Å². The van der Waals surface area contributed by atoms with Crippen LogP contribution in [0.5, 0.6) is 11.5 Å². The molecule has 1 aliphatic rings. The van der Waals surface area contributed by atoms with Crippen LogP contribution in [0, 0.1) is 6.92 Å². The molecule has 0 aliphatic carbocycles. The third kappa shape index (κ3) is 8.43. The van der Waals surface area contributed by atoms with Gasteiger partial charge in [0.2, 0.25) is 6.10 Å². The molecule has 10 heteroatoms. The summed E-state index contributed by atoms with van der Waals surface area (Å²) in [5.74, 6) is 0.205. The predicted octanol–water partition coefficient (Wildman–Crippen LogP) is 11.3. The number of hydrogen-bond donors (Lipinski definition) is 1. The molecule has 2 amide bonds. The van der Waals surface area contributed by atoms with Crippen LogP contribution in [0.25, 0.3) is 0 Å². The summed E-state index contributed by atoms with van der Waals surface area (Å²) >= 11 is 19.5. The van der Waals surface area contributed by atoms with Crippen molar-refractivity contribution < 1.29 is 19.1 Å². The van der Waals surface area contributed by atoms with Crippen molar-refractivity contribution in [3.8, 4) is 11.5 Å². The van der Waals surface area contributed by atoms with Gasteiger partial charge in [0.1, 0.15) is 22.9 Å². The molecule has 7 nitrogen and oxygen atoms in total. The average Bonchev–Trinajstić information content (AvgIpc) is 3.42. The van der Waals surface area contributed by atoms with Gasteiger partial charge < -0.3 is 14.8 Å². The Morgan fingerprint density at radius 1 is 0.865 bits per heavy atom. The second kappa shape index (κ2) is 15.9. The second-order valence-corrected chi connectivity index (χ2v) is 15.7. The summed E-state index contributed by atoms with van der Waals surface area (Å²) in [4.78, 5) is 28.3. The van der Waals surface area contributed by atoms with Gasteiger partial charge in [-0.25, -0.2) is 0 Å². The molecule has 2 unspecified atom stereocenters. The zero-order valence-electron chi connectivity index (χ0n) is 30.9. The topological polar surface area (TPSA) is 80.2 Å². The highest BCUT2D eigenvalue weighted by Crippen LogP contribution is 2.42. The number of carbonyl (C=O) groups is 2. The molecule has 0 saturated carbocycles. The quantitative estimate of drug-likeness (QED) is 0.147. The van der Waals surface area contributed by atoms with E-state index >= 15 is 0 Å². The van der Waals surface area contributed by atoms with Crippen molar-refractivity contribution in [2.75, 3.05) is 10.3 Å². The molecule has 0 aromatic heterocycles. The fourth-order valence-corrected chi connectivity index (χ4v) is 6.53. The molecule has 5 rings (SSSR count). The Kier molecular flexibility index (Phi) is 12.0. The summed E-state index contributed by atoms with van der Waals surface area (Å²) in [7, 11) is 0. The molecule has 1 aliphatic heterocycles. The normalized spacial score (nSPS) is 15.4. The zero-order chi connectivity index (χ0) is 38.0. The number of anilines is 2. The first-order valence-electron chi connectivity index (χ1n) is 17.6. The van der Waals surface area contributed by atoms with Crippen molar-refractivity contribution in [1.82, 2.24) is 0 Å². The Labute approximate surface area is 322 Å². The number of rotatable bonds is 13. The fraction of sp³-hybridized carbons (Fsp3) is 0.357. The Balaban J connectivity index is 1.50. The van der Waals surface area contributed by atoms with E-state index < -0.39 is 24.0 Å². The lowest BCUT2D eigenvalue weighted by Crippen LogP contribution is -2.38. The van der Waals surface area contributed by atoms with Gasteiger partial charge in [0.15, 0.2) is 6.10 Å². The number of halogens is 3. The number of aryl methyl sites for hydroxylation is 1. The van der Waals surface area contributed by atoms with Gasteiger partial charge in [0.05, 0.1) is 10.7 Å². The van der Waals surface area contributed by atoms with E-state index in [9.17, 15) is 9.59 Å². The van der Waals surface area contributed by atoms with Crippen molar-refractivity contribution in [3.05, 3.63) is 116 Å². The number of nitrogens with zero attached hydrogens (tertiary/aromatic N) is 2. The molecule has 52 heavy (non-hydrogen) atoms. The third-order valence-corrected chi connectivity index (χ3v) is 10.8. The van der Waals surface area contributed by atoms with E-state index in [2.05, 4.69) is 59.0 Å². The van der Waals surface area contributed by atoms with E-state index in [0.717, 1.165) is 29.0 Å². The molecule has 0 spiro atoms. The summed E-state index contributed by atoms with van der Waals surface area (Å²) in [6.07, 6.45) is 0.239. The molecular formula is C42H46Cl3N3O4. The number of hydrogen-bond acceptors (Lipinski definition) is 5.